The lowest BCUT2D eigenvalue weighted by molar-refractivity contribution is 0.509. The van der Waals surface area contributed by atoms with Gasteiger partial charge in [0.25, 0.3) is 0 Å². The molecule has 0 atom stereocenters. The largest absolute Gasteiger partial charge is 0.224 e. The summed E-state index contributed by atoms with van der Waals surface area (Å²) in [6, 6.07) is 9.54. The fourth-order valence-electron chi connectivity index (χ4n) is 1.57. The van der Waals surface area contributed by atoms with Crippen molar-refractivity contribution in [2.24, 2.45) is 0 Å². The van der Waals surface area contributed by atoms with Crippen LogP contribution in [0.3, 0.4) is 0 Å². The molecule has 0 saturated carbocycles. The van der Waals surface area contributed by atoms with E-state index in [1.807, 2.05) is 0 Å². The Hall–Kier alpha value is -1.75. The zero-order chi connectivity index (χ0) is 13.3. The van der Waals surface area contributed by atoms with E-state index >= 15 is 0 Å². The number of rotatable bonds is 2. The Morgan fingerprint density at radius 1 is 0.833 bits per heavy atom. The van der Waals surface area contributed by atoms with Crippen molar-refractivity contribution in [2.45, 2.75) is 4.90 Å². The molecular formula is C13H10F2O2S. The summed E-state index contributed by atoms with van der Waals surface area (Å²) in [4.78, 5) is 0.189. The van der Waals surface area contributed by atoms with E-state index < -0.39 is 21.5 Å². The Kier molecular flexibility index (Phi) is 3.17. The Balaban J connectivity index is 2.43. The smallest absolute Gasteiger partial charge is 0.175 e. The first-order chi connectivity index (χ1) is 8.38. The van der Waals surface area contributed by atoms with Gasteiger partial charge in [0.15, 0.2) is 21.5 Å². The van der Waals surface area contributed by atoms with Crippen LogP contribution in [0.4, 0.5) is 8.78 Å². The molecule has 0 aromatic heterocycles. The molecule has 0 heterocycles. The molecule has 0 radical (unpaired) electrons. The standard InChI is InChI=1S/C13H10F2O2S/c1-18(16,17)11-5-2-9(3-6-11)10-4-7-12(14)13(15)8-10/h2-8H,1H3. The molecule has 0 aliphatic carbocycles. The second-order valence-corrected chi connectivity index (χ2v) is 5.94. The molecule has 2 aromatic rings. The van der Waals surface area contributed by atoms with E-state index in [-0.39, 0.29) is 4.90 Å². The van der Waals surface area contributed by atoms with Crippen LogP contribution in [-0.2, 0) is 9.84 Å². The Bertz CT molecular complexity index is 677. The zero-order valence-corrected chi connectivity index (χ0v) is 10.3. The highest BCUT2D eigenvalue weighted by Gasteiger charge is 2.08. The van der Waals surface area contributed by atoms with Gasteiger partial charge in [-0.25, -0.2) is 17.2 Å². The van der Waals surface area contributed by atoms with Gasteiger partial charge in [0, 0.05) is 6.26 Å². The molecule has 2 rings (SSSR count). The van der Waals surface area contributed by atoms with Crippen molar-refractivity contribution in [1.29, 1.82) is 0 Å². The molecule has 0 fully saturated rings. The summed E-state index contributed by atoms with van der Waals surface area (Å²) in [5.41, 5.74) is 1.12. The maximum Gasteiger partial charge on any atom is 0.175 e. The first-order valence-corrected chi connectivity index (χ1v) is 7.02. The van der Waals surface area contributed by atoms with Crippen molar-refractivity contribution in [3.8, 4) is 11.1 Å². The maximum absolute atomic E-state index is 13.1. The normalized spacial score (nSPS) is 11.5. The molecule has 5 heteroatoms. The molecule has 0 aliphatic rings. The van der Waals surface area contributed by atoms with Crippen molar-refractivity contribution in [3.05, 3.63) is 54.1 Å². The van der Waals surface area contributed by atoms with Crippen LogP contribution < -0.4 is 0 Å². The van der Waals surface area contributed by atoms with Gasteiger partial charge in [-0.3, -0.25) is 0 Å². The SMILES string of the molecule is CS(=O)(=O)c1ccc(-c2ccc(F)c(F)c2)cc1. The van der Waals surface area contributed by atoms with Gasteiger partial charge in [0.1, 0.15) is 0 Å². The minimum Gasteiger partial charge on any atom is -0.224 e. The molecule has 94 valence electrons. The van der Waals surface area contributed by atoms with Crippen molar-refractivity contribution in [1.82, 2.24) is 0 Å². The highest BCUT2D eigenvalue weighted by Crippen LogP contribution is 2.23. The van der Waals surface area contributed by atoms with Crippen LogP contribution in [0.25, 0.3) is 11.1 Å². The molecule has 2 aromatic carbocycles. The van der Waals surface area contributed by atoms with E-state index in [2.05, 4.69) is 0 Å². The lowest BCUT2D eigenvalue weighted by atomic mass is 10.1. The minimum atomic E-state index is -3.25. The van der Waals surface area contributed by atoms with Crippen LogP contribution in [-0.4, -0.2) is 14.7 Å². The fraction of sp³-hybridized carbons (Fsp3) is 0.0769. The molecule has 0 unspecified atom stereocenters. The van der Waals surface area contributed by atoms with Gasteiger partial charge < -0.3 is 0 Å². The van der Waals surface area contributed by atoms with Gasteiger partial charge in [-0.1, -0.05) is 18.2 Å². The Labute approximate surface area is 104 Å². The summed E-state index contributed by atoms with van der Waals surface area (Å²) in [5, 5.41) is 0. The molecule has 0 N–H and O–H groups in total. The monoisotopic (exact) mass is 268 g/mol. The average Bonchev–Trinajstić information content (AvgIpc) is 2.32. The summed E-state index contributed by atoms with van der Waals surface area (Å²) in [6.45, 7) is 0. The predicted molar refractivity (Wildman–Crippen MR) is 64.9 cm³/mol. The van der Waals surface area contributed by atoms with Crippen LogP contribution in [0, 0.1) is 11.6 Å². The molecule has 0 saturated heterocycles. The summed E-state index contributed by atoms with van der Waals surface area (Å²) in [5.74, 6) is -1.84. The van der Waals surface area contributed by atoms with Crippen LogP contribution in [0.2, 0.25) is 0 Å². The first kappa shape index (κ1) is 12.7. The fourth-order valence-corrected chi connectivity index (χ4v) is 2.20. The van der Waals surface area contributed by atoms with E-state index in [1.165, 1.54) is 18.2 Å². The number of sulfone groups is 1. The molecule has 0 amide bonds. The second kappa shape index (κ2) is 4.49. The number of hydrogen-bond acceptors (Lipinski definition) is 2. The topological polar surface area (TPSA) is 34.1 Å². The van der Waals surface area contributed by atoms with E-state index in [9.17, 15) is 17.2 Å². The molecule has 0 spiro atoms. The van der Waals surface area contributed by atoms with Crippen molar-refractivity contribution >= 4 is 9.84 Å². The van der Waals surface area contributed by atoms with Crippen molar-refractivity contribution in [2.75, 3.05) is 6.26 Å². The quantitative estimate of drug-likeness (QED) is 0.839. The first-order valence-electron chi connectivity index (χ1n) is 5.13. The second-order valence-electron chi connectivity index (χ2n) is 3.93. The molecule has 2 nitrogen and oxygen atoms in total. The summed E-state index contributed by atoms with van der Waals surface area (Å²) < 4.78 is 48.4. The van der Waals surface area contributed by atoms with E-state index in [0.717, 1.165) is 18.4 Å². The molecule has 0 aliphatic heterocycles. The van der Waals surface area contributed by atoms with Crippen LogP contribution in [0.15, 0.2) is 47.4 Å². The zero-order valence-electron chi connectivity index (χ0n) is 9.52. The van der Waals surface area contributed by atoms with E-state index in [1.54, 1.807) is 12.1 Å². The highest BCUT2D eigenvalue weighted by molar-refractivity contribution is 7.90. The summed E-state index contributed by atoms with van der Waals surface area (Å²) >= 11 is 0. The maximum atomic E-state index is 13.1. The predicted octanol–water partition coefficient (Wildman–Crippen LogP) is 3.04. The van der Waals surface area contributed by atoms with Gasteiger partial charge in [0.2, 0.25) is 0 Å². The van der Waals surface area contributed by atoms with Gasteiger partial charge in [-0.15, -0.1) is 0 Å². The van der Waals surface area contributed by atoms with Gasteiger partial charge in [0.05, 0.1) is 4.90 Å². The number of halogens is 2. The van der Waals surface area contributed by atoms with Crippen LogP contribution >= 0.6 is 0 Å². The van der Waals surface area contributed by atoms with E-state index in [0.29, 0.717) is 11.1 Å². The van der Waals surface area contributed by atoms with Crippen molar-refractivity contribution < 1.29 is 17.2 Å². The van der Waals surface area contributed by atoms with E-state index in [4.69, 9.17) is 0 Å². The summed E-state index contributed by atoms with van der Waals surface area (Å²) in [7, 11) is -3.25. The molecule has 18 heavy (non-hydrogen) atoms. The minimum absolute atomic E-state index is 0.189. The lowest BCUT2D eigenvalue weighted by Crippen LogP contribution is -1.96. The average molecular weight is 268 g/mol. The third-order valence-corrected chi connectivity index (χ3v) is 3.66. The molecular weight excluding hydrogens is 258 g/mol. The van der Waals surface area contributed by atoms with Crippen molar-refractivity contribution in [3.63, 3.8) is 0 Å². The number of hydrogen-bond donors (Lipinski definition) is 0. The Morgan fingerprint density at radius 3 is 1.89 bits per heavy atom. The third-order valence-electron chi connectivity index (χ3n) is 2.54. The number of benzene rings is 2. The highest BCUT2D eigenvalue weighted by atomic mass is 32.2. The Morgan fingerprint density at radius 2 is 1.39 bits per heavy atom. The van der Waals surface area contributed by atoms with Crippen LogP contribution in [0.1, 0.15) is 0 Å². The molecule has 0 bridgehead atoms. The lowest BCUT2D eigenvalue weighted by Gasteiger charge is -2.04. The third kappa shape index (κ3) is 2.56. The van der Waals surface area contributed by atoms with Gasteiger partial charge in [-0.05, 0) is 35.4 Å². The van der Waals surface area contributed by atoms with Crippen LogP contribution in [0.5, 0.6) is 0 Å². The van der Waals surface area contributed by atoms with Gasteiger partial charge in [-0.2, -0.15) is 0 Å². The van der Waals surface area contributed by atoms with Gasteiger partial charge >= 0.3 is 0 Å². The summed E-state index contributed by atoms with van der Waals surface area (Å²) in [6.07, 6.45) is 1.11.